The minimum absolute atomic E-state index is 1.08. The van der Waals surface area contributed by atoms with Gasteiger partial charge < -0.3 is 9.47 Å². The molecule has 58 heavy (non-hydrogen) atoms. The molecule has 0 aliphatic heterocycles. The number of rotatable bonds is 7. The third kappa shape index (κ3) is 5.91. The molecule has 0 bridgehead atoms. The van der Waals surface area contributed by atoms with E-state index >= 15 is 0 Å². The SMILES string of the molecule is c1ccc(-c2ccc(N(c3ccc(-n4c5ccccc5c5ccccc54)cc3)c3cc(-c4ccc5ccccc5c4)ccc3-c3ccc4ccccc4c3)cc2)cc1. The maximum Gasteiger partial charge on any atom is 0.0546 e. The van der Waals surface area contributed by atoms with E-state index in [1.165, 1.54) is 65.6 Å². The van der Waals surface area contributed by atoms with E-state index in [0.29, 0.717) is 0 Å². The summed E-state index contributed by atoms with van der Waals surface area (Å²) < 4.78 is 2.38. The fourth-order valence-corrected chi connectivity index (χ4v) is 8.68. The van der Waals surface area contributed by atoms with Gasteiger partial charge in [-0.2, -0.15) is 0 Å². The number of aromatic nitrogens is 1. The molecule has 0 atom stereocenters. The first-order valence-electron chi connectivity index (χ1n) is 19.9. The third-order valence-electron chi connectivity index (χ3n) is 11.6. The van der Waals surface area contributed by atoms with Gasteiger partial charge in [0.2, 0.25) is 0 Å². The summed E-state index contributed by atoms with van der Waals surface area (Å²) in [7, 11) is 0. The Bertz CT molecular complexity index is 3210. The molecule has 1 heterocycles. The van der Waals surface area contributed by atoms with Crippen molar-refractivity contribution in [2.45, 2.75) is 0 Å². The molecule has 0 aliphatic carbocycles. The highest BCUT2D eigenvalue weighted by Crippen LogP contribution is 2.44. The lowest BCUT2D eigenvalue weighted by Crippen LogP contribution is -2.11. The van der Waals surface area contributed by atoms with Crippen molar-refractivity contribution in [2.24, 2.45) is 0 Å². The molecule has 0 unspecified atom stereocenters. The molecule has 0 saturated carbocycles. The lowest BCUT2D eigenvalue weighted by atomic mass is 9.94. The van der Waals surface area contributed by atoms with Gasteiger partial charge in [0.25, 0.3) is 0 Å². The summed E-state index contributed by atoms with van der Waals surface area (Å²) in [6.07, 6.45) is 0. The van der Waals surface area contributed by atoms with Gasteiger partial charge in [-0.05, 0) is 116 Å². The quantitative estimate of drug-likeness (QED) is 0.158. The van der Waals surface area contributed by atoms with E-state index < -0.39 is 0 Å². The molecule has 0 fully saturated rings. The lowest BCUT2D eigenvalue weighted by Gasteiger charge is -2.29. The summed E-state index contributed by atoms with van der Waals surface area (Å²) in [5.41, 5.74) is 13.9. The number of anilines is 3. The van der Waals surface area contributed by atoms with Gasteiger partial charge >= 0.3 is 0 Å². The number of hydrogen-bond donors (Lipinski definition) is 0. The number of benzene rings is 10. The first-order chi connectivity index (χ1) is 28.7. The van der Waals surface area contributed by atoms with Crippen molar-refractivity contribution in [3.05, 3.63) is 231 Å². The van der Waals surface area contributed by atoms with Gasteiger partial charge in [-0.25, -0.2) is 0 Å². The van der Waals surface area contributed by atoms with Crippen LogP contribution in [0.25, 0.3) is 82.4 Å². The van der Waals surface area contributed by atoms with Crippen LogP contribution in [0, 0.1) is 0 Å². The van der Waals surface area contributed by atoms with Gasteiger partial charge in [0, 0.05) is 33.4 Å². The van der Waals surface area contributed by atoms with Gasteiger partial charge in [0.1, 0.15) is 0 Å². The van der Waals surface area contributed by atoms with Crippen LogP contribution in [0.15, 0.2) is 231 Å². The van der Waals surface area contributed by atoms with Gasteiger partial charge in [-0.1, -0.05) is 164 Å². The van der Waals surface area contributed by atoms with Crippen LogP contribution in [-0.2, 0) is 0 Å². The largest absolute Gasteiger partial charge is 0.310 e. The fourth-order valence-electron chi connectivity index (χ4n) is 8.68. The molecule has 0 radical (unpaired) electrons. The summed E-state index contributed by atoms with van der Waals surface area (Å²) in [5.74, 6) is 0. The zero-order valence-electron chi connectivity index (χ0n) is 31.8. The highest BCUT2D eigenvalue weighted by atomic mass is 15.1. The van der Waals surface area contributed by atoms with Crippen molar-refractivity contribution >= 4 is 60.4 Å². The molecular weight excluding hydrogens is 701 g/mol. The molecule has 0 N–H and O–H groups in total. The highest BCUT2D eigenvalue weighted by Gasteiger charge is 2.20. The first-order valence-corrected chi connectivity index (χ1v) is 19.9. The van der Waals surface area contributed by atoms with Crippen molar-refractivity contribution in [3.8, 4) is 39.1 Å². The van der Waals surface area contributed by atoms with Gasteiger partial charge in [-0.15, -0.1) is 0 Å². The standard InChI is InChI=1S/C56H38N2/c1-2-12-39(13-3-1)42-26-29-48(30-27-42)57(49-31-33-50(34-32-49)58-54-20-10-8-18-52(54)53-19-9-11-21-55(53)58)56-38-46(45-24-22-40-14-4-6-16-43(40)36-45)28-35-51(56)47-25-23-41-15-5-7-17-44(41)37-47/h1-38H. The van der Waals surface area contributed by atoms with Crippen molar-refractivity contribution in [3.63, 3.8) is 0 Å². The summed E-state index contributed by atoms with van der Waals surface area (Å²) in [6.45, 7) is 0. The Balaban J connectivity index is 1.12. The molecule has 272 valence electrons. The average molecular weight is 739 g/mol. The van der Waals surface area contributed by atoms with Crippen molar-refractivity contribution in [1.82, 2.24) is 4.57 Å². The van der Waals surface area contributed by atoms with Crippen LogP contribution < -0.4 is 4.90 Å². The van der Waals surface area contributed by atoms with Crippen LogP contribution in [0.5, 0.6) is 0 Å². The number of fused-ring (bicyclic) bond motifs is 5. The van der Waals surface area contributed by atoms with E-state index in [-0.39, 0.29) is 0 Å². The van der Waals surface area contributed by atoms with E-state index in [4.69, 9.17) is 0 Å². The fraction of sp³-hybridized carbons (Fsp3) is 0. The predicted octanol–water partition coefficient (Wildman–Crippen LogP) is 15.6. The van der Waals surface area contributed by atoms with Gasteiger partial charge in [-0.3, -0.25) is 0 Å². The molecule has 2 nitrogen and oxygen atoms in total. The minimum atomic E-state index is 1.08. The van der Waals surface area contributed by atoms with Crippen LogP contribution >= 0.6 is 0 Å². The van der Waals surface area contributed by atoms with Crippen molar-refractivity contribution in [2.75, 3.05) is 4.90 Å². The summed E-state index contributed by atoms with van der Waals surface area (Å²) >= 11 is 0. The number of para-hydroxylation sites is 2. The average Bonchev–Trinajstić information content (AvgIpc) is 3.64. The van der Waals surface area contributed by atoms with Crippen LogP contribution in [0.4, 0.5) is 17.1 Å². The van der Waals surface area contributed by atoms with Gasteiger partial charge in [0.15, 0.2) is 0 Å². The number of nitrogens with zero attached hydrogens (tertiary/aromatic N) is 2. The Morgan fingerprint density at radius 1 is 0.293 bits per heavy atom. The Hall–Kier alpha value is -7.68. The van der Waals surface area contributed by atoms with E-state index in [1.807, 2.05) is 0 Å². The Morgan fingerprint density at radius 3 is 1.38 bits per heavy atom. The molecule has 0 saturated heterocycles. The first kappa shape index (κ1) is 33.6. The third-order valence-corrected chi connectivity index (χ3v) is 11.6. The van der Waals surface area contributed by atoms with Crippen LogP contribution in [0.1, 0.15) is 0 Å². The highest BCUT2D eigenvalue weighted by molar-refractivity contribution is 6.09. The second-order valence-electron chi connectivity index (χ2n) is 15.0. The predicted molar refractivity (Wildman–Crippen MR) is 247 cm³/mol. The second-order valence-corrected chi connectivity index (χ2v) is 15.0. The molecular formula is C56H38N2. The van der Waals surface area contributed by atoms with Crippen LogP contribution in [0.3, 0.4) is 0 Å². The van der Waals surface area contributed by atoms with Crippen LogP contribution in [0.2, 0.25) is 0 Å². The van der Waals surface area contributed by atoms with E-state index in [9.17, 15) is 0 Å². The van der Waals surface area contributed by atoms with Crippen LogP contribution in [-0.4, -0.2) is 4.57 Å². The molecule has 0 aliphatic rings. The minimum Gasteiger partial charge on any atom is -0.310 e. The molecule has 0 spiro atoms. The van der Waals surface area contributed by atoms with E-state index in [2.05, 4.69) is 240 Å². The Morgan fingerprint density at radius 2 is 0.741 bits per heavy atom. The Kier molecular flexibility index (Phi) is 8.19. The van der Waals surface area contributed by atoms with Crippen molar-refractivity contribution < 1.29 is 0 Å². The smallest absolute Gasteiger partial charge is 0.0546 e. The van der Waals surface area contributed by atoms with E-state index in [1.54, 1.807) is 0 Å². The second kappa shape index (κ2) is 14.1. The lowest BCUT2D eigenvalue weighted by molar-refractivity contribution is 1.17. The molecule has 0 amide bonds. The summed E-state index contributed by atoms with van der Waals surface area (Å²) in [5, 5.41) is 7.44. The van der Waals surface area contributed by atoms with Crippen molar-refractivity contribution in [1.29, 1.82) is 0 Å². The topological polar surface area (TPSA) is 8.17 Å². The molecule has 10 aromatic carbocycles. The molecule has 11 aromatic rings. The maximum atomic E-state index is 2.43. The monoisotopic (exact) mass is 738 g/mol. The maximum absolute atomic E-state index is 2.43. The zero-order valence-corrected chi connectivity index (χ0v) is 31.8. The molecule has 2 heteroatoms. The summed E-state index contributed by atoms with van der Waals surface area (Å²) in [6, 6.07) is 83.9. The van der Waals surface area contributed by atoms with Gasteiger partial charge in [0.05, 0.1) is 16.7 Å². The molecule has 11 rings (SSSR count). The zero-order chi connectivity index (χ0) is 38.4. The number of hydrogen-bond acceptors (Lipinski definition) is 1. The van der Waals surface area contributed by atoms with E-state index in [0.717, 1.165) is 33.9 Å². The normalized spacial score (nSPS) is 11.4. The Labute approximate surface area is 338 Å². The summed E-state index contributed by atoms with van der Waals surface area (Å²) in [4.78, 5) is 2.43. The molecule has 1 aromatic heterocycles.